The predicted octanol–water partition coefficient (Wildman–Crippen LogP) is 1.67. The van der Waals surface area contributed by atoms with Gasteiger partial charge in [0.05, 0.1) is 0 Å². The fourth-order valence-corrected chi connectivity index (χ4v) is 3.26. The predicted molar refractivity (Wildman–Crippen MR) is 91.5 cm³/mol. The van der Waals surface area contributed by atoms with E-state index in [0.717, 1.165) is 31.0 Å². The summed E-state index contributed by atoms with van der Waals surface area (Å²) in [6.45, 7) is 0. The fourth-order valence-electron chi connectivity index (χ4n) is 3.14. The molecule has 0 unspecified atom stereocenters. The van der Waals surface area contributed by atoms with Crippen LogP contribution in [0.1, 0.15) is 30.7 Å². The summed E-state index contributed by atoms with van der Waals surface area (Å²) in [5.41, 5.74) is 4.71. The van der Waals surface area contributed by atoms with E-state index in [9.17, 15) is 14.4 Å². The average molecular weight is 349 g/mol. The minimum Gasteiger partial charge on any atom is -0.393 e. The van der Waals surface area contributed by atoms with E-state index in [2.05, 4.69) is 10.3 Å². The van der Waals surface area contributed by atoms with Gasteiger partial charge in [-0.05, 0) is 30.5 Å². The van der Waals surface area contributed by atoms with Gasteiger partial charge in [-0.25, -0.2) is 9.59 Å². The van der Waals surface area contributed by atoms with Crippen LogP contribution in [0.15, 0.2) is 40.1 Å². The maximum atomic E-state index is 12.4. The molecule has 0 spiro atoms. The van der Waals surface area contributed by atoms with Crippen LogP contribution >= 0.6 is 11.6 Å². The van der Waals surface area contributed by atoms with E-state index < -0.39 is 17.3 Å². The van der Waals surface area contributed by atoms with Crippen molar-refractivity contribution < 1.29 is 4.79 Å². The van der Waals surface area contributed by atoms with Crippen LogP contribution in [-0.4, -0.2) is 21.6 Å². The highest BCUT2D eigenvalue weighted by Gasteiger charge is 2.30. The van der Waals surface area contributed by atoms with Gasteiger partial charge in [0.2, 0.25) is 0 Å². The van der Waals surface area contributed by atoms with Crippen LogP contribution in [0, 0.1) is 0 Å². The van der Waals surface area contributed by atoms with E-state index in [4.69, 9.17) is 17.3 Å². The molecule has 24 heavy (non-hydrogen) atoms. The highest BCUT2D eigenvalue weighted by atomic mass is 35.5. The van der Waals surface area contributed by atoms with E-state index in [1.165, 1.54) is 0 Å². The van der Waals surface area contributed by atoms with Gasteiger partial charge >= 0.3 is 11.7 Å². The Morgan fingerprint density at radius 3 is 2.67 bits per heavy atom. The molecule has 1 aliphatic rings. The third kappa shape index (κ3) is 3.07. The first-order valence-corrected chi connectivity index (χ1v) is 8.01. The molecule has 1 saturated carbocycles. The number of nitrogen functional groups attached to an aromatic ring is 1. The molecule has 1 amide bonds. The number of anilines is 1. The first kappa shape index (κ1) is 16.3. The fraction of sp³-hybridized carbons (Fsp3) is 0.312. The van der Waals surface area contributed by atoms with E-state index >= 15 is 0 Å². The molecule has 8 heteroatoms. The molecule has 7 nitrogen and oxygen atoms in total. The van der Waals surface area contributed by atoms with Crippen LogP contribution in [0.2, 0.25) is 5.02 Å². The summed E-state index contributed by atoms with van der Waals surface area (Å²) in [5, 5.41) is 3.43. The van der Waals surface area contributed by atoms with Crippen molar-refractivity contribution in [1.29, 1.82) is 0 Å². The molecule has 1 fully saturated rings. The number of benzene rings is 1. The summed E-state index contributed by atoms with van der Waals surface area (Å²) < 4.78 is 0.493. The second-order valence-corrected chi connectivity index (χ2v) is 6.27. The van der Waals surface area contributed by atoms with Gasteiger partial charge < -0.3 is 16.0 Å². The Balaban J connectivity index is 1.84. The van der Waals surface area contributed by atoms with Crippen LogP contribution in [0.5, 0.6) is 0 Å². The maximum Gasteiger partial charge on any atom is 0.336 e. The average Bonchev–Trinajstić information content (AvgIpc) is 3.00. The minimum atomic E-state index is -0.822. The van der Waals surface area contributed by atoms with Crippen molar-refractivity contribution in [1.82, 2.24) is 14.9 Å². The molecule has 0 bridgehead atoms. The normalized spacial score (nSPS) is 20.0. The summed E-state index contributed by atoms with van der Waals surface area (Å²) in [7, 11) is 0. The van der Waals surface area contributed by atoms with Crippen molar-refractivity contribution in [3.8, 4) is 0 Å². The summed E-state index contributed by atoms with van der Waals surface area (Å²) >= 11 is 5.91. The first-order chi connectivity index (χ1) is 11.5. The third-order valence-corrected chi connectivity index (χ3v) is 4.58. The third-order valence-electron chi connectivity index (χ3n) is 4.33. The molecule has 1 aromatic heterocycles. The van der Waals surface area contributed by atoms with Crippen molar-refractivity contribution in [3.63, 3.8) is 0 Å². The Kier molecular flexibility index (Phi) is 4.44. The zero-order valence-corrected chi connectivity index (χ0v) is 13.5. The van der Waals surface area contributed by atoms with Gasteiger partial charge in [-0.1, -0.05) is 30.2 Å². The number of nitrogens with two attached hydrogens (primary N) is 1. The molecule has 0 radical (unpaired) electrons. The van der Waals surface area contributed by atoms with E-state index in [1.807, 2.05) is 12.1 Å². The molecule has 1 heterocycles. The van der Waals surface area contributed by atoms with Crippen LogP contribution in [0.3, 0.4) is 0 Å². The molecule has 1 aromatic carbocycles. The lowest BCUT2D eigenvalue weighted by Crippen LogP contribution is -2.49. The smallest absolute Gasteiger partial charge is 0.336 e. The van der Waals surface area contributed by atoms with Gasteiger partial charge in [-0.2, -0.15) is 4.57 Å². The standard InChI is InChI=1S/C16H17ClN4O3/c17-10-6-4-9(5-7-10)11-2-1-3-13(11)20-16(24)21-14(22)12(18)8-19-15(21)23/h4-8,11,13H,1-3,18H2,(H,19,23)(H,20,24)/t11-,13-/m1/s1. The number of aromatic nitrogens is 2. The number of carbonyl (C=O) groups excluding carboxylic acids is 1. The molecule has 2 aromatic rings. The van der Waals surface area contributed by atoms with Gasteiger partial charge in [-0.3, -0.25) is 4.79 Å². The number of nitrogens with one attached hydrogen (secondary N) is 2. The molecule has 4 N–H and O–H groups in total. The monoisotopic (exact) mass is 348 g/mol. The second-order valence-electron chi connectivity index (χ2n) is 5.83. The molecule has 0 aliphatic heterocycles. The van der Waals surface area contributed by atoms with E-state index in [0.29, 0.717) is 9.59 Å². The van der Waals surface area contributed by atoms with Crippen LogP contribution in [0.4, 0.5) is 10.5 Å². The molecule has 1 aliphatic carbocycles. The lowest BCUT2D eigenvalue weighted by Gasteiger charge is -2.21. The van der Waals surface area contributed by atoms with Gasteiger partial charge in [0.15, 0.2) is 0 Å². The first-order valence-electron chi connectivity index (χ1n) is 7.64. The molecule has 2 atom stereocenters. The number of hydrogen-bond acceptors (Lipinski definition) is 4. The maximum absolute atomic E-state index is 12.4. The zero-order valence-electron chi connectivity index (χ0n) is 12.8. The summed E-state index contributed by atoms with van der Waals surface area (Å²) in [6, 6.07) is 6.54. The Morgan fingerprint density at radius 1 is 1.25 bits per heavy atom. The number of hydrogen-bond donors (Lipinski definition) is 3. The van der Waals surface area contributed by atoms with Crippen molar-refractivity contribution in [2.75, 3.05) is 5.73 Å². The highest BCUT2D eigenvalue weighted by Crippen LogP contribution is 2.35. The SMILES string of the molecule is Nc1c[nH]c(=O)n(C(=O)N[C@@H]2CCC[C@@H]2c2ccc(Cl)cc2)c1=O. The number of rotatable bonds is 2. The highest BCUT2D eigenvalue weighted by molar-refractivity contribution is 6.30. The molecule has 3 rings (SSSR count). The van der Waals surface area contributed by atoms with Gasteiger partial charge in [0.25, 0.3) is 5.56 Å². The zero-order chi connectivity index (χ0) is 17.3. The molecular formula is C16H17ClN4O3. The van der Waals surface area contributed by atoms with Crippen LogP contribution in [0.25, 0.3) is 0 Å². The Morgan fingerprint density at radius 2 is 1.96 bits per heavy atom. The van der Waals surface area contributed by atoms with E-state index in [1.54, 1.807) is 12.1 Å². The largest absolute Gasteiger partial charge is 0.393 e. The van der Waals surface area contributed by atoms with Crippen LogP contribution < -0.4 is 22.3 Å². The number of nitrogens with zero attached hydrogens (tertiary/aromatic N) is 1. The van der Waals surface area contributed by atoms with E-state index in [-0.39, 0.29) is 17.6 Å². The summed E-state index contributed by atoms with van der Waals surface area (Å²) in [6.07, 6.45) is 3.71. The lowest BCUT2D eigenvalue weighted by atomic mass is 9.94. The Hall–Kier alpha value is -2.54. The van der Waals surface area contributed by atoms with Crippen molar-refractivity contribution in [2.24, 2.45) is 0 Å². The molecule has 126 valence electrons. The Bertz CT molecular complexity index is 872. The second kappa shape index (κ2) is 6.52. The topological polar surface area (TPSA) is 110 Å². The summed E-state index contributed by atoms with van der Waals surface area (Å²) in [5.74, 6) is 0.113. The van der Waals surface area contributed by atoms with Gasteiger partial charge in [-0.15, -0.1) is 0 Å². The number of aromatic amines is 1. The van der Waals surface area contributed by atoms with Crippen LogP contribution in [-0.2, 0) is 0 Å². The Labute approximate surface area is 142 Å². The number of carbonyl (C=O) groups is 1. The van der Waals surface area contributed by atoms with Gasteiger partial charge in [0, 0.05) is 23.2 Å². The lowest BCUT2D eigenvalue weighted by molar-refractivity contribution is 0.235. The van der Waals surface area contributed by atoms with Crippen molar-refractivity contribution in [3.05, 3.63) is 61.9 Å². The number of H-pyrrole nitrogens is 1. The quantitative estimate of drug-likeness (QED) is 0.766. The summed E-state index contributed by atoms with van der Waals surface area (Å²) in [4.78, 5) is 38.4. The number of amides is 1. The van der Waals surface area contributed by atoms with Gasteiger partial charge in [0.1, 0.15) is 5.69 Å². The molecule has 0 saturated heterocycles. The van der Waals surface area contributed by atoms with Crippen molar-refractivity contribution in [2.45, 2.75) is 31.2 Å². The minimum absolute atomic E-state index is 0.113. The molecular weight excluding hydrogens is 332 g/mol. The number of halogens is 1. The van der Waals surface area contributed by atoms with Crippen molar-refractivity contribution >= 4 is 23.3 Å².